The van der Waals surface area contributed by atoms with E-state index >= 15 is 0 Å². The number of ether oxygens (including phenoxy) is 4. The number of carbonyl (C=O) groups is 2. The van der Waals surface area contributed by atoms with Crippen molar-refractivity contribution in [2.75, 3.05) is 19.8 Å². The first-order valence-electron chi connectivity index (χ1n) is 22.1. The summed E-state index contributed by atoms with van der Waals surface area (Å²) in [4.78, 5) is 25.3. The number of rotatable bonds is 35. The minimum atomic E-state index is -1.60. The highest BCUT2D eigenvalue weighted by Crippen LogP contribution is 2.22. The van der Waals surface area contributed by atoms with Crippen molar-refractivity contribution >= 4 is 11.9 Å². The molecule has 10 heteroatoms. The van der Waals surface area contributed by atoms with Crippen molar-refractivity contribution in [3.63, 3.8) is 0 Å². The quantitative estimate of drug-likeness (QED) is 0.0211. The van der Waals surface area contributed by atoms with Crippen LogP contribution in [0.25, 0.3) is 0 Å². The van der Waals surface area contributed by atoms with E-state index in [1.807, 2.05) is 30.4 Å². The van der Waals surface area contributed by atoms with E-state index in [1.54, 1.807) is 0 Å². The summed E-state index contributed by atoms with van der Waals surface area (Å²) in [5, 5.41) is 40.1. The van der Waals surface area contributed by atoms with Gasteiger partial charge in [-0.1, -0.05) is 151 Å². The van der Waals surface area contributed by atoms with E-state index in [9.17, 15) is 30.0 Å². The number of esters is 2. The van der Waals surface area contributed by atoms with Crippen LogP contribution < -0.4 is 0 Å². The third-order valence-electron chi connectivity index (χ3n) is 9.67. The number of hydrogen-bond donors (Lipinski definition) is 4. The zero-order valence-corrected chi connectivity index (χ0v) is 35.3. The minimum absolute atomic E-state index is 0.211. The van der Waals surface area contributed by atoms with E-state index in [4.69, 9.17) is 18.9 Å². The van der Waals surface area contributed by atoms with Gasteiger partial charge < -0.3 is 39.4 Å². The second-order valence-corrected chi connectivity index (χ2v) is 14.9. The van der Waals surface area contributed by atoms with Crippen LogP contribution in [0, 0.1) is 0 Å². The van der Waals surface area contributed by atoms with Gasteiger partial charge in [0.1, 0.15) is 31.0 Å². The van der Waals surface area contributed by atoms with Crippen molar-refractivity contribution in [2.45, 2.75) is 192 Å². The molecule has 0 aromatic carbocycles. The second-order valence-electron chi connectivity index (χ2n) is 14.9. The number of allylic oxidation sites excluding steroid dienone is 12. The predicted molar refractivity (Wildman–Crippen MR) is 228 cm³/mol. The van der Waals surface area contributed by atoms with Gasteiger partial charge in [0.15, 0.2) is 12.4 Å². The number of aliphatic hydroxyl groups excluding tert-OH is 4. The van der Waals surface area contributed by atoms with Gasteiger partial charge in [0.05, 0.1) is 13.2 Å². The van der Waals surface area contributed by atoms with Gasteiger partial charge in [-0.25, -0.2) is 0 Å². The van der Waals surface area contributed by atoms with Crippen LogP contribution >= 0.6 is 0 Å². The van der Waals surface area contributed by atoms with Crippen LogP contribution in [-0.2, 0) is 28.5 Å². The van der Waals surface area contributed by atoms with Crippen LogP contribution in [0.5, 0.6) is 0 Å². The Kier molecular flexibility index (Phi) is 34.2. The van der Waals surface area contributed by atoms with Crippen molar-refractivity contribution < 1.29 is 49.0 Å². The smallest absolute Gasteiger partial charge is 0.306 e. The molecule has 0 aromatic heterocycles. The Bertz CT molecular complexity index is 1160. The van der Waals surface area contributed by atoms with Crippen molar-refractivity contribution in [1.82, 2.24) is 0 Å². The molecule has 0 spiro atoms. The van der Waals surface area contributed by atoms with E-state index in [0.717, 1.165) is 70.6 Å². The molecule has 0 radical (unpaired) electrons. The minimum Gasteiger partial charge on any atom is -0.462 e. The van der Waals surface area contributed by atoms with Crippen LogP contribution in [0.4, 0.5) is 0 Å². The molecule has 1 aliphatic heterocycles. The standard InChI is InChI=1S/C47H78O10/c1-3-5-7-9-11-13-15-17-19-20-22-24-26-28-30-32-34-36-43(50)56-40(39-55-47-46(53)45(52)44(51)41(37-48)57-47)38-54-42(49)35-33-31-29-27-25-23-21-18-16-14-12-10-8-6-4-2/h6,8,10-14,16-19,21,40-41,44-48,51-53H,3-5,7,9,15,20,22-39H2,1-2H3/b8-6+,12-10+,13-11+,16-14+,19-17+,21-18+/t40-,41-,44+,45?,46?,47-/m1/s1. The van der Waals surface area contributed by atoms with Gasteiger partial charge in [0.25, 0.3) is 0 Å². The second kappa shape index (κ2) is 37.4. The molecule has 0 saturated carbocycles. The maximum atomic E-state index is 12.8. The van der Waals surface area contributed by atoms with Gasteiger partial charge in [0, 0.05) is 12.8 Å². The molecular weight excluding hydrogens is 725 g/mol. The first kappa shape index (κ1) is 52.2. The first-order chi connectivity index (χ1) is 27.8. The van der Waals surface area contributed by atoms with Crippen LogP contribution in [0.2, 0.25) is 0 Å². The summed E-state index contributed by atoms with van der Waals surface area (Å²) in [5.41, 5.74) is 0. The van der Waals surface area contributed by atoms with Crippen molar-refractivity contribution in [3.8, 4) is 0 Å². The lowest BCUT2D eigenvalue weighted by Gasteiger charge is -2.39. The van der Waals surface area contributed by atoms with E-state index in [0.29, 0.717) is 12.8 Å². The molecule has 1 fully saturated rings. The van der Waals surface area contributed by atoms with E-state index < -0.39 is 55.4 Å². The fourth-order valence-electron chi connectivity index (χ4n) is 6.17. The fraction of sp³-hybridized carbons (Fsp3) is 0.702. The maximum absolute atomic E-state index is 12.8. The number of unbranched alkanes of at least 4 members (excludes halogenated alkanes) is 15. The summed E-state index contributed by atoms with van der Waals surface area (Å²) in [6.07, 6.45) is 39.0. The van der Waals surface area contributed by atoms with Gasteiger partial charge in [-0.3, -0.25) is 9.59 Å². The van der Waals surface area contributed by atoms with Crippen LogP contribution in [0.15, 0.2) is 72.9 Å². The van der Waals surface area contributed by atoms with Crippen LogP contribution in [-0.4, -0.2) is 89.0 Å². The molecule has 1 aliphatic rings. The van der Waals surface area contributed by atoms with Crippen molar-refractivity contribution in [3.05, 3.63) is 72.9 Å². The molecule has 57 heavy (non-hydrogen) atoms. The highest BCUT2D eigenvalue weighted by molar-refractivity contribution is 5.70. The summed E-state index contributed by atoms with van der Waals surface area (Å²) < 4.78 is 22.1. The van der Waals surface area contributed by atoms with Gasteiger partial charge >= 0.3 is 11.9 Å². The zero-order valence-electron chi connectivity index (χ0n) is 35.3. The molecule has 2 unspecified atom stereocenters. The maximum Gasteiger partial charge on any atom is 0.306 e. The Morgan fingerprint density at radius 2 is 1.11 bits per heavy atom. The summed E-state index contributed by atoms with van der Waals surface area (Å²) in [7, 11) is 0. The molecule has 0 bridgehead atoms. The average Bonchev–Trinajstić information content (AvgIpc) is 3.21. The molecule has 0 aliphatic carbocycles. The predicted octanol–water partition coefficient (Wildman–Crippen LogP) is 9.22. The fourth-order valence-corrected chi connectivity index (χ4v) is 6.17. The van der Waals surface area contributed by atoms with Gasteiger partial charge in [-0.2, -0.15) is 0 Å². The molecule has 0 amide bonds. The molecule has 1 saturated heterocycles. The largest absolute Gasteiger partial charge is 0.462 e. The molecule has 1 heterocycles. The van der Waals surface area contributed by atoms with Gasteiger partial charge in [0.2, 0.25) is 0 Å². The Morgan fingerprint density at radius 3 is 1.70 bits per heavy atom. The Hall–Kier alpha value is -2.86. The molecule has 326 valence electrons. The van der Waals surface area contributed by atoms with Crippen molar-refractivity contribution in [2.24, 2.45) is 0 Å². The summed E-state index contributed by atoms with van der Waals surface area (Å²) in [6, 6.07) is 0. The Morgan fingerprint density at radius 1 is 0.579 bits per heavy atom. The van der Waals surface area contributed by atoms with Gasteiger partial charge in [-0.05, 0) is 64.2 Å². The molecule has 6 atom stereocenters. The number of aliphatic hydroxyl groups is 4. The highest BCUT2D eigenvalue weighted by atomic mass is 16.7. The molecule has 10 nitrogen and oxygen atoms in total. The number of carbonyl (C=O) groups excluding carboxylic acids is 2. The molecule has 4 N–H and O–H groups in total. The normalized spacial score (nSPS) is 21.0. The highest BCUT2D eigenvalue weighted by Gasteiger charge is 2.44. The Labute approximate surface area is 344 Å². The first-order valence-corrected chi connectivity index (χ1v) is 22.1. The van der Waals surface area contributed by atoms with E-state index in [1.165, 1.54) is 44.9 Å². The Balaban J connectivity index is 2.37. The lowest BCUT2D eigenvalue weighted by atomic mass is 9.99. The van der Waals surface area contributed by atoms with Crippen molar-refractivity contribution in [1.29, 1.82) is 0 Å². The lowest BCUT2D eigenvalue weighted by molar-refractivity contribution is -0.305. The molecule has 1 rings (SSSR count). The van der Waals surface area contributed by atoms with Crippen LogP contribution in [0.1, 0.15) is 155 Å². The van der Waals surface area contributed by atoms with E-state index in [2.05, 4.69) is 56.4 Å². The topological polar surface area (TPSA) is 152 Å². The van der Waals surface area contributed by atoms with Crippen LogP contribution in [0.3, 0.4) is 0 Å². The SMILES string of the molecule is CC/C=C/C=C/C=C/C=C/CCCCCCCC(=O)OC[C@H](CO[C@@H]1O[C@H](CO)[C@H](O)C(O)C1O)OC(=O)CCCCCCCCC/C=C/C/C=C/CCCCC. The summed E-state index contributed by atoms with van der Waals surface area (Å²) in [6.45, 7) is 3.21. The lowest BCUT2D eigenvalue weighted by Crippen LogP contribution is -2.59. The zero-order chi connectivity index (χ0) is 41.6. The molecular formula is C47H78O10. The third-order valence-corrected chi connectivity index (χ3v) is 9.67. The van der Waals surface area contributed by atoms with Gasteiger partial charge in [-0.15, -0.1) is 0 Å². The summed E-state index contributed by atoms with van der Waals surface area (Å²) >= 11 is 0. The average molecular weight is 803 g/mol. The third kappa shape index (κ3) is 29.1. The number of hydrogen-bond acceptors (Lipinski definition) is 10. The molecule has 0 aromatic rings. The summed E-state index contributed by atoms with van der Waals surface area (Å²) in [5.74, 6) is -0.849. The van der Waals surface area contributed by atoms with E-state index in [-0.39, 0.29) is 26.1 Å². The monoisotopic (exact) mass is 803 g/mol.